The summed E-state index contributed by atoms with van der Waals surface area (Å²) >= 11 is 0. The van der Waals surface area contributed by atoms with Crippen molar-refractivity contribution in [2.24, 2.45) is 0 Å². The number of benzene rings is 1. The van der Waals surface area contributed by atoms with Gasteiger partial charge in [0.05, 0.1) is 11.0 Å². The van der Waals surface area contributed by atoms with Crippen LogP contribution in [0.1, 0.15) is 26.5 Å². The van der Waals surface area contributed by atoms with Crippen LogP contribution < -0.4 is 0 Å². The molecule has 0 unspecified atom stereocenters. The molecule has 0 aliphatic heterocycles. The molecule has 3 nitrogen and oxygen atoms in total. The van der Waals surface area contributed by atoms with Gasteiger partial charge < -0.3 is 4.42 Å². The molecule has 17 heavy (non-hydrogen) atoms. The van der Waals surface area contributed by atoms with Crippen molar-refractivity contribution >= 4 is 22.3 Å². The van der Waals surface area contributed by atoms with Crippen molar-refractivity contribution in [2.45, 2.75) is 26.2 Å². The lowest BCUT2D eigenvalue weighted by atomic mass is 9.93. The molecule has 0 saturated carbocycles. The van der Waals surface area contributed by atoms with Crippen LogP contribution in [0.5, 0.6) is 0 Å². The highest BCUT2D eigenvalue weighted by molar-refractivity contribution is 5.83. The van der Waals surface area contributed by atoms with Crippen molar-refractivity contribution in [1.29, 1.82) is 0 Å². The molecule has 3 rings (SSSR count). The fourth-order valence-electron chi connectivity index (χ4n) is 1.79. The highest BCUT2D eigenvalue weighted by atomic mass is 16.3. The molecule has 0 aliphatic carbocycles. The summed E-state index contributed by atoms with van der Waals surface area (Å²) in [5, 5.41) is 0. The van der Waals surface area contributed by atoms with Crippen LogP contribution in [0.3, 0.4) is 0 Å². The number of para-hydroxylation sites is 2. The minimum absolute atomic E-state index is 0.0193. The summed E-state index contributed by atoms with van der Waals surface area (Å²) in [6.45, 7) is 6.35. The molecule has 0 bridgehead atoms. The van der Waals surface area contributed by atoms with E-state index < -0.39 is 0 Å². The Morgan fingerprint density at radius 3 is 2.24 bits per heavy atom. The standard InChI is InChI=1S/C14H14N2O/c1-14(2,3)12-8-11-13(17-12)16-10-7-5-4-6-9(10)15-11/h4-8H,1-3H3. The molecule has 0 fully saturated rings. The Labute approximate surface area is 99.5 Å². The minimum atomic E-state index is -0.0193. The van der Waals surface area contributed by atoms with Crippen molar-refractivity contribution in [1.82, 2.24) is 9.97 Å². The van der Waals surface area contributed by atoms with Crippen molar-refractivity contribution in [3.8, 4) is 0 Å². The first kappa shape index (κ1) is 10.3. The second kappa shape index (κ2) is 3.29. The summed E-state index contributed by atoms with van der Waals surface area (Å²) in [7, 11) is 0. The van der Waals surface area contributed by atoms with E-state index in [0.717, 1.165) is 22.3 Å². The van der Waals surface area contributed by atoms with E-state index in [2.05, 4.69) is 30.7 Å². The number of hydrogen-bond donors (Lipinski definition) is 0. The van der Waals surface area contributed by atoms with E-state index in [9.17, 15) is 0 Å². The number of furan rings is 1. The lowest BCUT2D eigenvalue weighted by molar-refractivity contribution is 0.426. The molecule has 3 aromatic rings. The molecule has 0 atom stereocenters. The van der Waals surface area contributed by atoms with Crippen molar-refractivity contribution in [2.75, 3.05) is 0 Å². The monoisotopic (exact) mass is 226 g/mol. The lowest BCUT2D eigenvalue weighted by Crippen LogP contribution is -2.08. The van der Waals surface area contributed by atoms with Gasteiger partial charge in [0.25, 0.3) is 0 Å². The number of aromatic nitrogens is 2. The normalized spacial score (nSPS) is 12.4. The van der Waals surface area contributed by atoms with Crippen LogP contribution in [0.15, 0.2) is 34.7 Å². The third-order valence-electron chi connectivity index (χ3n) is 2.78. The Morgan fingerprint density at radius 1 is 0.941 bits per heavy atom. The largest absolute Gasteiger partial charge is 0.441 e. The summed E-state index contributed by atoms with van der Waals surface area (Å²) in [4.78, 5) is 9.04. The summed E-state index contributed by atoms with van der Waals surface area (Å²) < 4.78 is 5.77. The molecule has 3 heteroatoms. The van der Waals surface area contributed by atoms with Gasteiger partial charge in [-0.1, -0.05) is 32.9 Å². The Balaban J connectivity index is 2.32. The van der Waals surface area contributed by atoms with Gasteiger partial charge in [-0.3, -0.25) is 0 Å². The van der Waals surface area contributed by atoms with Crippen molar-refractivity contribution in [3.63, 3.8) is 0 Å². The highest BCUT2D eigenvalue weighted by Gasteiger charge is 2.20. The molecule has 2 heterocycles. The summed E-state index contributed by atoms with van der Waals surface area (Å²) in [6, 6.07) is 9.81. The summed E-state index contributed by atoms with van der Waals surface area (Å²) in [6.07, 6.45) is 0. The maximum absolute atomic E-state index is 5.77. The smallest absolute Gasteiger partial charge is 0.245 e. The third-order valence-corrected chi connectivity index (χ3v) is 2.78. The van der Waals surface area contributed by atoms with Gasteiger partial charge in [0.1, 0.15) is 11.3 Å². The second-order valence-corrected chi connectivity index (χ2v) is 5.26. The Hall–Kier alpha value is -1.90. The van der Waals surface area contributed by atoms with Gasteiger partial charge in [-0.15, -0.1) is 0 Å². The molecule has 0 N–H and O–H groups in total. The fourth-order valence-corrected chi connectivity index (χ4v) is 1.79. The molecular formula is C14H14N2O. The average molecular weight is 226 g/mol. The Morgan fingerprint density at radius 2 is 1.59 bits per heavy atom. The Bertz CT molecular complexity index is 640. The van der Waals surface area contributed by atoms with Gasteiger partial charge >= 0.3 is 0 Å². The van der Waals surface area contributed by atoms with Gasteiger partial charge in [0.2, 0.25) is 5.71 Å². The van der Waals surface area contributed by atoms with Crippen LogP contribution in [0.4, 0.5) is 0 Å². The third kappa shape index (κ3) is 1.68. The van der Waals surface area contributed by atoms with Crippen LogP contribution in [0.25, 0.3) is 22.3 Å². The predicted octanol–water partition coefficient (Wildman–Crippen LogP) is 3.67. The summed E-state index contributed by atoms with van der Waals surface area (Å²) in [5.74, 6) is 0.919. The van der Waals surface area contributed by atoms with E-state index in [-0.39, 0.29) is 5.41 Å². The second-order valence-electron chi connectivity index (χ2n) is 5.26. The van der Waals surface area contributed by atoms with Crippen molar-refractivity contribution in [3.05, 3.63) is 36.1 Å². The first-order valence-electron chi connectivity index (χ1n) is 5.71. The fraction of sp³-hybridized carbons (Fsp3) is 0.286. The molecule has 0 saturated heterocycles. The molecule has 2 aromatic heterocycles. The van der Waals surface area contributed by atoms with Crippen molar-refractivity contribution < 1.29 is 4.42 Å². The van der Waals surface area contributed by atoms with Gasteiger partial charge in [0.15, 0.2) is 0 Å². The molecule has 1 aromatic carbocycles. The van der Waals surface area contributed by atoms with Crippen LogP contribution in [-0.2, 0) is 5.41 Å². The Kier molecular flexibility index (Phi) is 1.99. The van der Waals surface area contributed by atoms with Crippen LogP contribution in [-0.4, -0.2) is 9.97 Å². The number of rotatable bonds is 0. The first-order chi connectivity index (χ1) is 8.04. The maximum Gasteiger partial charge on any atom is 0.245 e. The molecule has 0 radical (unpaired) electrons. The van der Waals surface area contributed by atoms with Gasteiger partial charge in [-0.25, -0.2) is 9.97 Å². The first-order valence-corrected chi connectivity index (χ1v) is 5.71. The van der Waals surface area contributed by atoms with Gasteiger partial charge in [0, 0.05) is 11.5 Å². The number of hydrogen-bond acceptors (Lipinski definition) is 3. The molecule has 0 spiro atoms. The topological polar surface area (TPSA) is 38.9 Å². The lowest BCUT2D eigenvalue weighted by Gasteiger charge is -2.13. The van der Waals surface area contributed by atoms with Crippen LogP contribution in [0, 0.1) is 0 Å². The molecular weight excluding hydrogens is 212 g/mol. The molecule has 0 aliphatic rings. The highest BCUT2D eigenvalue weighted by Crippen LogP contribution is 2.28. The van der Waals surface area contributed by atoms with E-state index in [1.165, 1.54) is 0 Å². The molecule has 0 amide bonds. The predicted molar refractivity (Wildman–Crippen MR) is 68.0 cm³/mol. The van der Waals surface area contributed by atoms with Gasteiger partial charge in [-0.05, 0) is 12.1 Å². The number of nitrogens with zero attached hydrogens (tertiary/aromatic N) is 2. The molecule has 86 valence electrons. The van der Waals surface area contributed by atoms with E-state index in [0.29, 0.717) is 5.71 Å². The zero-order chi connectivity index (χ0) is 12.0. The zero-order valence-electron chi connectivity index (χ0n) is 10.2. The summed E-state index contributed by atoms with van der Waals surface area (Å²) in [5.41, 5.74) is 3.20. The van der Waals surface area contributed by atoms with E-state index in [1.54, 1.807) is 0 Å². The van der Waals surface area contributed by atoms with E-state index in [1.807, 2.05) is 30.3 Å². The van der Waals surface area contributed by atoms with Gasteiger partial charge in [-0.2, -0.15) is 0 Å². The SMILES string of the molecule is CC(C)(C)c1cc2nc3ccccc3nc2o1. The minimum Gasteiger partial charge on any atom is -0.441 e. The van der Waals surface area contributed by atoms with E-state index in [4.69, 9.17) is 4.42 Å². The van der Waals surface area contributed by atoms with Crippen LogP contribution >= 0.6 is 0 Å². The van der Waals surface area contributed by atoms with E-state index >= 15 is 0 Å². The van der Waals surface area contributed by atoms with Crippen LogP contribution in [0.2, 0.25) is 0 Å². The number of fused-ring (bicyclic) bond motifs is 2. The average Bonchev–Trinajstić information content (AvgIpc) is 2.68. The quantitative estimate of drug-likeness (QED) is 0.587. The zero-order valence-corrected chi connectivity index (χ0v) is 10.2. The maximum atomic E-state index is 5.77.